The topological polar surface area (TPSA) is 205 Å². The summed E-state index contributed by atoms with van der Waals surface area (Å²) in [4.78, 5) is 85.4. The zero-order valence-electron chi connectivity index (χ0n) is 39.0. The van der Waals surface area contributed by atoms with E-state index < -0.39 is 35.5 Å². The number of likely N-dealkylation sites (N-methyl/N-ethyl adjacent to an activating group) is 1. The number of esters is 1. The van der Waals surface area contributed by atoms with Gasteiger partial charge in [-0.05, 0) is 69.7 Å². The molecular formula is C47H63F2N7O11. The summed E-state index contributed by atoms with van der Waals surface area (Å²) >= 11 is 0. The average molecular weight is 940 g/mol. The standard InChI is InChI=1S/C27H31F2N3O4.C13H24N2O4.C7H8N2O3/c1-18(33)36-17-25(34)31(2)26(20-10-12-35-13-11-20)27-30-24(22-14-21(28)8-9-23(22)29)16-32(27)15-19-6-4-3-5-7-19;1-5-7-14-11(16)18-10-6-8-15(9-10)12(17)19-13(2,3)4;10-5-8-3-4-9-6(11)1-2-7(9)12/h3-9,14,16,20,26-27,30H,10-13,15,17H2,1-2H3;10H,5-9H2,1-4H3,(H,14,16);1-2,5H,3-4H2,(H,8,10). The predicted octanol–water partition coefficient (Wildman–Crippen LogP) is 4.30. The van der Waals surface area contributed by atoms with Crippen LogP contribution in [0, 0.1) is 17.6 Å². The third-order valence-electron chi connectivity index (χ3n) is 10.7. The van der Waals surface area contributed by atoms with Crippen molar-refractivity contribution < 1.29 is 61.3 Å². The van der Waals surface area contributed by atoms with Crippen molar-refractivity contribution in [1.29, 1.82) is 0 Å². The zero-order chi connectivity index (χ0) is 49.1. The molecule has 6 rings (SSSR count). The Labute approximate surface area is 389 Å². The molecule has 2 fully saturated rings. The van der Waals surface area contributed by atoms with Crippen molar-refractivity contribution in [2.45, 2.75) is 90.8 Å². The van der Waals surface area contributed by atoms with E-state index in [-0.39, 0.29) is 60.6 Å². The number of carbonyl (C=O) groups is 7. The first-order valence-corrected chi connectivity index (χ1v) is 22.2. The summed E-state index contributed by atoms with van der Waals surface area (Å²) in [6.45, 7) is 12.0. The van der Waals surface area contributed by atoms with Crippen molar-refractivity contribution in [3.63, 3.8) is 0 Å². The van der Waals surface area contributed by atoms with Gasteiger partial charge in [0.1, 0.15) is 29.5 Å². The number of nitrogens with zero attached hydrogens (tertiary/aromatic N) is 4. The van der Waals surface area contributed by atoms with Crippen molar-refractivity contribution in [3.05, 3.63) is 89.6 Å². The summed E-state index contributed by atoms with van der Waals surface area (Å²) in [5.74, 6) is -2.53. The molecule has 6 amide bonds. The molecule has 4 aliphatic rings. The number of ether oxygens (including phenoxy) is 4. The SMILES string of the molecule is CC(=O)OCC(=O)N(C)C(C1CCOCC1)C1NC(c2cc(F)ccc2F)=CN1Cc1ccccc1.CCCNC(=O)OC1CCN(C(=O)OC(C)(C)C)C1.O=CNCCN1C(=O)C=CC1=O. The number of hydrogen-bond acceptors (Lipinski definition) is 13. The molecule has 67 heavy (non-hydrogen) atoms. The first-order valence-electron chi connectivity index (χ1n) is 22.2. The highest BCUT2D eigenvalue weighted by Gasteiger charge is 2.42. The minimum absolute atomic E-state index is 0.0749. The molecule has 0 radical (unpaired) electrons. The van der Waals surface area contributed by atoms with Gasteiger partial charge >= 0.3 is 18.2 Å². The first kappa shape index (κ1) is 53.0. The van der Waals surface area contributed by atoms with E-state index in [9.17, 15) is 42.3 Å². The second kappa shape index (κ2) is 25.9. The Morgan fingerprint density at radius 2 is 1.69 bits per heavy atom. The Balaban J connectivity index is 0.000000262. The molecule has 2 saturated heterocycles. The lowest BCUT2D eigenvalue weighted by Gasteiger charge is -2.43. The number of halogens is 2. The minimum Gasteiger partial charge on any atom is -0.456 e. The molecular weight excluding hydrogens is 877 g/mol. The maximum absolute atomic E-state index is 14.7. The van der Waals surface area contributed by atoms with E-state index in [0.717, 1.165) is 47.9 Å². The zero-order valence-corrected chi connectivity index (χ0v) is 39.0. The van der Waals surface area contributed by atoms with E-state index >= 15 is 0 Å². The number of alkyl carbamates (subject to hydrolysis) is 1. The summed E-state index contributed by atoms with van der Waals surface area (Å²) in [7, 11) is 1.69. The normalized spacial score (nSPS) is 18.3. The second-order valence-electron chi connectivity index (χ2n) is 17.0. The summed E-state index contributed by atoms with van der Waals surface area (Å²) in [5.41, 5.74) is 1.08. The number of hydrogen-bond donors (Lipinski definition) is 3. The fourth-order valence-electron chi connectivity index (χ4n) is 7.49. The predicted molar refractivity (Wildman–Crippen MR) is 241 cm³/mol. The lowest BCUT2D eigenvalue weighted by atomic mass is 9.88. The molecule has 0 spiro atoms. The van der Waals surface area contributed by atoms with Crippen molar-refractivity contribution in [2.75, 3.05) is 59.6 Å². The number of imide groups is 1. The molecule has 0 saturated carbocycles. The molecule has 0 aromatic heterocycles. The fraction of sp³-hybridized carbons (Fsp3) is 0.511. The molecule has 3 atom stereocenters. The number of rotatable bonds is 15. The van der Waals surface area contributed by atoms with Crippen molar-refractivity contribution >= 4 is 48.0 Å². The molecule has 3 unspecified atom stereocenters. The van der Waals surface area contributed by atoms with Crippen LogP contribution in [0.15, 0.2) is 66.9 Å². The van der Waals surface area contributed by atoms with Gasteiger partial charge in [-0.2, -0.15) is 0 Å². The van der Waals surface area contributed by atoms with Gasteiger partial charge in [0.05, 0.1) is 18.3 Å². The maximum Gasteiger partial charge on any atom is 0.410 e. The molecule has 20 heteroatoms. The Bertz CT molecular complexity index is 2060. The van der Waals surface area contributed by atoms with Gasteiger partial charge in [-0.1, -0.05) is 37.3 Å². The van der Waals surface area contributed by atoms with E-state index in [0.29, 0.717) is 64.5 Å². The van der Waals surface area contributed by atoms with Crippen LogP contribution in [0.5, 0.6) is 0 Å². The van der Waals surface area contributed by atoms with E-state index in [1.807, 2.05) is 62.9 Å². The summed E-state index contributed by atoms with van der Waals surface area (Å²) in [5, 5.41) is 8.39. The molecule has 18 nitrogen and oxygen atoms in total. The van der Waals surface area contributed by atoms with E-state index in [4.69, 9.17) is 18.9 Å². The van der Waals surface area contributed by atoms with Crippen molar-refractivity contribution in [3.8, 4) is 0 Å². The van der Waals surface area contributed by atoms with E-state index in [1.165, 1.54) is 19.1 Å². The van der Waals surface area contributed by atoms with Crippen LogP contribution < -0.4 is 16.0 Å². The summed E-state index contributed by atoms with van der Waals surface area (Å²) in [6, 6.07) is 12.8. The summed E-state index contributed by atoms with van der Waals surface area (Å²) < 4.78 is 49.8. The number of benzene rings is 2. The molecule has 3 N–H and O–H groups in total. The summed E-state index contributed by atoms with van der Waals surface area (Å²) in [6.07, 6.45) is 6.26. The van der Waals surface area contributed by atoms with Crippen LogP contribution in [0.4, 0.5) is 18.4 Å². The first-order chi connectivity index (χ1) is 31.9. The molecule has 2 aromatic carbocycles. The van der Waals surface area contributed by atoms with Crippen LogP contribution in [0.3, 0.4) is 0 Å². The quantitative estimate of drug-likeness (QED) is 0.0751. The van der Waals surface area contributed by atoms with Gasteiger partial charge in [0.2, 0.25) is 6.41 Å². The lowest BCUT2D eigenvalue weighted by Crippen LogP contribution is -2.58. The fourth-order valence-corrected chi connectivity index (χ4v) is 7.49. The van der Waals surface area contributed by atoms with Crippen LogP contribution in [0.2, 0.25) is 0 Å². The minimum atomic E-state index is -0.544. The highest BCUT2D eigenvalue weighted by molar-refractivity contribution is 6.12. The molecule has 0 aliphatic carbocycles. The van der Waals surface area contributed by atoms with Crippen LogP contribution >= 0.6 is 0 Å². The highest BCUT2D eigenvalue weighted by Crippen LogP contribution is 2.33. The molecule has 2 aromatic rings. The van der Waals surface area contributed by atoms with Gasteiger partial charge in [0.15, 0.2) is 6.61 Å². The van der Waals surface area contributed by atoms with Crippen LogP contribution in [-0.4, -0.2) is 145 Å². The average Bonchev–Trinajstić information content (AvgIpc) is 4.02. The largest absolute Gasteiger partial charge is 0.456 e. The van der Waals surface area contributed by atoms with Gasteiger partial charge in [-0.15, -0.1) is 0 Å². The molecule has 0 bridgehead atoms. The maximum atomic E-state index is 14.7. The number of amides is 6. The van der Waals surface area contributed by atoms with Crippen molar-refractivity contribution in [1.82, 2.24) is 35.6 Å². The lowest BCUT2D eigenvalue weighted by molar-refractivity contribution is -0.152. The van der Waals surface area contributed by atoms with E-state index in [2.05, 4.69) is 16.0 Å². The Kier molecular flexibility index (Phi) is 20.5. The van der Waals surface area contributed by atoms with Crippen LogP contribution in [0.25, 0.3) is 5.70 Å². The number of likely N-dealkylation sites (tertiary alicyclic amines) is 1. The smallest absolute Gasteiger partial charge is 0.410 e. The Hall–Kier alpha value is -6.57. The monoisotopic (exact) mass is 939 g/mol. The van der Waals surface area contributed by atoms with Crippen LogP contribution in [-0.2, 0) is 49.5 Å². The van der Waals surface area contributed by atoms with E-state index in [1.54, 1.807) is 23.0 Å². The van der Waals surface area contributed by atoms with Gasteiger partial charge in [-0.3, -0.25) is 28.9 Å². The Morgan fingerprint density at radius 1 is 1.00 bits per heavy atom. The highest BCUT2D eigenvalue weighted by atomic mass is 19.1. The second-order valence-corrected chi connectivity index (χ2v) is 17.0. The van der Waals surface area contributed by atoms with Gasteiger partial charge in [0.25, 0.3) is 17.7 Å². The van der Waals surface area contributed by atoms with Crippen LogP contribution in [0.1, 0.15) is 71.4 Å². The van der Waals surface area contributed by atoms with Gasteiger partial charge < -0.3 is 49.6 Å². The molecule has 366 valence electrons. The van der Waals surface area contributed by atoms with Crippen molar-refractivity contribution in [2.24, 2.45) is 5.92 Å². The van der Waals surface area contributed by atoms with Gasteiger partial charge in [0, 0.05) is 90.2 Å². The molecule has 4 aliphatic heterocycles. The third kappa shape index (κ3) is 17.0. The Morgan fingerprint density at radius 3 is 2.31 bits per heavy atom. The number of nitrogens with one attached hydrogen (secondary N) is 3. The van der Waals surface area contributed by atoms with Gasteiger partial charge in [-0.25, -0.2) is 18.4 Å². The number of carbonyl (C=O) groups excluding carboxylic acids is 7. The molecule has 4 heterocycles. The third-order valence-corrected chi connectivity index (χ3v) is 10.7.